The van der Waals surface area contributed by atoms with Gasteiger partial charge in [-0.2, -0.15) is 0 Å². The van der Waals surface area contributed by atoms with E-state index in [0.717, 1.165) is 4.31 Å². The molecule has 8 nitrogen and oxygen atoms in total. The van der Waals surface area contributed by atoms with E-state index in [4.69, 9.17) is 21.1 Å². The highest BCUT2D eigenvalue weighted by atomic mass is 35.5. The third-order valence-corrected chi connectivity index (χ3v) is 6.81. The van der Waals surface area contributed by atoms with Crippen molar-refractivity contribution in [3.8, 4) is 5.75 Å². The van der Waals surface area contributed by atoms with Gasteiger partial charge in [0.2, 0.25) is 5.91 Å². The summed E-state index contributed by atoms with van der Waals surface area (Å²) in [6.45, 7) is 1.54. The number of nitrogens with one attached hydrogen (secondary N) is 1. The lowest BCUT2D eigenvalue weighted by molar-refractivity contribution is -0.114. The zero-order valence-electron chi connectivity index (χ0n) is 18.5. The van der Waals surface area contributed by atoms with Gasteiger partial charge in [0.1, 0.15) is 12.3 Å². The molecule has 0 unspecified atom stereocenters. The summed E-state index contributed by atoms with van der Waals surface area (Å²) in [6, 6.07) is 18.7. The number of anilines is 2. The number of carbonyl (C=O) groups excluding carboxylic acids is 2. The summed E-state index contributed by atoms with van der Waals surface area (Å²) in [4.78, 5) is 24.9. The number of nitrogens with zero attached hydrogens (tertiary/aromatic N) is 1. The number of hydrogen-bond donors (Lipinski definition) is 1. The van der Waals surface area contributed by atoms with Gasteiger partial charge in [-0.1, -0.05) is 41.9 Å². The molecule has 0 aliphatic heterocycles. The number of amides is 1. The number of benzene rings is 3. The van der Waals surface area contributed by atoms with E-state index >= 15 is 0 Å². The fraction of sp³-hybridized carbons (Fsp3) is 0.167. The summed E-state index contributed by atoms with van der Waals surface area (Å²) in [5.74, 6) is -0.985. The second-order valence-electron chi connectivity index (χ2n) is 6.96. The van der Waals surface area contributed by atoms with Crippen molar-refractivity contribution in [2.75, 3.05) is 29.9 Å². The minimum absolute atomic E-state index is 0.0218. The number of hydrogen-bond acceptors (Lipinski definition) is 6. The zero-order valence-corrected chi connectivity index (χ0v) is 20.1. The number of para-hydroxylation sites is 2. The molecule has 0 saturated heterocycles. The average molecular weight is 503 g/mol. The predicted octanol–water partition coefficient (Wildman–Crippen LogP) is 4.36. The molecule has 178 valence electrons. The van der Waals surface area contributed by atoms with Crippen LogP contribution in [-0.2, 0) is 19.6 Å². The highest BCUT2D eigenvalue weighted by molar-refractivity contribution is 7.92. The molecule has 0 radical (unpaired) electrons. The SMILES string of the molecule is CCOc1ccccc1N(CC(=O)Nc1ccc(Cl)c(C(=O)OC)c1)S(=O)(=O)c1ccccc1. The van der Waals surface area contributed by atoms with Crippen molar-refractivity contribution in [2.45, 2.75) is 11.8 Å². The van der Waals surface area contributed by atoms with E-state index in [1.165, 1.54) is 37.4 Å². The van der Waals surface area contributed by atoms with Crippen molar-refractivity contribution in [3.63, 3.8) is 0 Å². The molecule has 0 spiro atoms. The minimum atomic E-state index is -4.12. The van der Waals surface area contributed by atoms with E-state index < -0.39 is 28.4 Å². The molecule has 0 saturated carbocycles. The highest BCUT2D eigenvalue weighted by Crippen LogP contribution is 2.32. The molecule has 3 aromatic carbocycles. The van der Waals surface area contributed by atoms with Gasteiger partial charge < -0.3 is 14.8 Å². The molecule has 0 heterocycles. The summed E-state index contributed by atoms with van der Waals surface area (Å²) in [6.07, 6.45) is 0. The minimum Gasteiger partial charge on any atom is -0.492 e. The molecule has 3 aromatic rings. The smallest absolute Gasteiger partial charge is 0.339 e. The van der Waals surface area contributed by atoms with Gasteiger partial charge in [-0.25, -0.2) is 13.2 Å². The van der Waals surface area contributed by atoms with Crippen LogP contribution in [0.3, 0.4) is 0 Å². The van der Waals surface area contributed by atoms with Crippen molar-refractivity contribution >= 4 is 44.9 Å². The second kappa shape index (κ2) is 11.0. The Morgan fingerprint density at radius 2 is 1.68 bits per heavy atom. The summed E-state index contributed by atoms with van der Waals surface area (Å²) >= 11 is 6.03. The van der Waals surface area contributed by atoms with Crippen LogP contribution in [0.15, 0.2) is 77.7 Å². The van der Waals surface area contributed by atoms with Crippen molar-refractivity contribution in [3.05, 3.63) is 83.4 Å². The Morgan fingerprint density at radius 3 is 2.35 bits per heavy atom. The fourth-order valence-corrected chi connectivity index (χ4v) is 4.81. The first kappa shape index (κ1) is 25.1. The van der Waals surface area contributed by atoms with Crippen molar-refractivity contribution in [1.82, 2.24) is 0 Å². The van der Waals surface area contributed by atoms with Crippen LogP contribution in [0, 0.1) is 0 Å². The number of methoxy groups -OCH3 is 1. The summed E-state index contributed by atoms with van der Waals surface area (Å²) in [5, 5.41) is 2.77. The fourth-order valence-electron chi connectivity index (χ4n) is 3.16. The van der Waals surface area contributed by atoms with E-state index in [9.17, 15) is 18.0 Å². The Hall–Kier alpha value is -3.56. The third-order valence-electron chi connectivity index (χ3n) is 4.71. The molecule has 0 aromatic heterocycles. The normalized spacial score (nSPS) is 10.9. The number of esters is 1. The third kappa shape index (κ3) is 5.67. The number of halogens is 1. The molecule has 0 bridgehead atoms. The number of sulfonamides is 1. The lowest BCUT2D eigenvalue weighted by Crippen LogP contribution is -2.38. The molecular weight excluding hydrogens is 480 g/mol. The molecule has 0 fully saturated rings. The molecule has 10 heteroatoms. The first-order valence-corrected chi connectivity index (χ1v) is 12.1. The Balaban J connectivity index is 1.97. The molecular formula is C24H23ClN2O6S. The van der Waals surface area contributed by atoms with Crippen LogP contribution in [0.2, 0.25) is 5.02 Å². The summed E-state index contributed by atoms with van der Waals surface area (Å²) in [5.41, 5.74) is 0.539. The van der Waals surface area contributed by atoms with Crippen LogP contribution in [-0.4, -0.2) is 40.6 Å². The maximum absolute atomic E-state index is 13.5. The van der Waals surface area contributed by atoms with E-state index in [0.29, 0.717) is 12.4 Å². The molecule has 34 heavy (non-hydrogen) atoms. The van der Waals surface area contributed by atoms with Gasteiger partial charge in [0.15, 0.2) is 0 Å². The van der Waals surface area contributed by atoms with Crippen molar-refractivity contribution in [2.24, 2.45) is 0 Å². The molecule has 0 atom stereocenters. The quantitative estimate of drug-likeness (QED) is 0.436. The highest BCUT2D eigenvalue weighted by Gasteiger charge is 2.29. The van der Waals surface area contributed by atoms with Crippen LogP contribution < -0.4 is 14.4 Å². The van der Waals surface area contributed by atoms with Crippen LogP contribution in [0.1, 0.15) is 17.3 Å². The predicted molar refractivity (Wildman–Crippen MR) is 130 cm³/mol. The summed E-state index contributed by atoms with van der Waals surface area (Å²) < 4.78 is 38.3. The van der Waals surface area contributed by atoms with Crippen LogP contribution in [0.5, 0.6) is 5.75 Å². The van der Waals surface area contributed by atoms with Gasteiger partial charge >= 0.3 is 5.97 Å². The maximum atomic E-state index is 13.5. The first-order chi connectivity index (χ1) is 16.3. The Morgan fingerprint density at radius 1 is 1.00 bits per heavy atom. The van der Waals surface area contributed by atoms with Crippen LogP contribution in [0.4, 0.5) is 11.4 Å². The van der Waals surface area contributed by atoms with Gasteiger partial charge in [0.25, 0.3) is 10.0 Å². The zero-order chi connectivity index (χ0) is 24.7. The molecule has 1 amide bonds. The Kier molecular flexibility index (Phi) is 8.14. The van der Waals surface area contributed by atoms with E-state index in [1.54, 1.807) is 49.4 Å². The second-order valence-corrected chi connectivity index (χ2v) is 9.23. The van der Waals surface area contributed by atoms with Gasteiger partial charge in [-0.15, -0.1) is 0 Å². The monoisotopic (exact) mass is 502 g/mol. The van der Waals surface area contributed by atoms with E-state index in [-0.39, 0.29) is 26.9 Å². The van der Waals surface area contributed by atoms with Crippen molar-refractivity contribution < 1.29 is 27.5 Å². The van der Waals surface area contributed by atoms with Gasteiger partial charge in [-0.3, -0.25) is 9.10 Å². The van der Waals surface area contributed by atoms with Crippen molar-refractivity contribution in [1.29, 1.82) is 0 Å². The number of carbonyl (C=O) groups is 2. The van der Waals surface area contributed by atoms with Gasteiger partial charge in [0.05, 0.1) is 34.9 Å². The molecule has 3 rings (SSSR count). The lowest BCUT2D eigenvalue weighted by atomic mass is 10.2. The maximum Gasteiger partial charge on any atom is 0.339 e. The summed E-state index contributed by atoms with van der Waals surface area (Å²) in [7, 11) is -2.90. The van der Waals surface area contributed by atoms with Crippen LogP contribution >= 0.6 is 11.6 Å². The van der Waals surface area contributed by atoms with E-state index in [2.05, 4.69) is 5.32 Å². The average Bonchev–Trinajstić information content (AvgIpc) is 2.84. The van der Waals surface area contributed by atoms with Gasteiger partial charge in [0, 0.05) is 5.69 Å². The topological polar surface area (TPSA) is 102 Å². The Labute approximate surface area is 203 Å². The lowest BCUT2D eigenvalue weighted by Gasteiger charge is -2.26. The number of ether oxygens (including phenoxy) is 2. The first-order valence-electron chi connectivity index (χ1n) is 10.2. The van der Waals surface area contributed by atoms with E-state index in [1.807, 2.05) is 0 Å². The van der Waals surface area contributed by atoms with Crippen LogP contribution in [0.25, 0.3) is 0 Å². The molecule has 0 aliphatic carbocycles. The van der Waals surface area contributed by atoms with Gasteiger partial charge in [-0.05, 0) is 49.4 Å². The molecule has 1 N–H and O–H groups in total. The Bertz CT molecular complexity index is 1280. The number of rotatable bonds is 9. The largest absolute Gasteiger partial charge is 0.492 e. The standard InChI is InChI=1S/C24H23ClN2O6S/c1-3-33-22-12-8-7-11-21(22)27(34(30,31)18-9-5-4-6-10-18)16-23(28)26-17-13-14-20(25)19(15-17)24(29)32-2/h4-15H,3,16H2,1-2H3,(H,26,28). The molecule has 0 aliphatic rings.